The summed E-state index contributed by atoms with van der Waals surface area (Å²) >= 11 is 12.5. The fourth-order valence-electron chi connectivity index (χ4n) is 3.27. The molecule has 2 aromatic carbocycles. The molecule has 0 amide bonds. The molecule has 0 bridgehead atoms. The second-order valence-electron chi connectivity index (χ2n) is 7.93. The van der Waals surface area contributed by atoms with E-state index in [1.54, 1.807) is 58.2 Å². The van der Waals surface area contributed by atoms with Crippen LogP contribution in [0.15, 0.2) is 41.3 Å². The van der Waals surface area contributed by atoms with Gasteiger partial charge in [-0.3, -0.25) is 4.21 Å². The SMILES string of the molecule is Cn1c(CS(=O)c2c(Cl)cccc2Cl)c(C(=O)OC(C)(C)C)c2cc(CO)ccc21. The van der Waals surface area contributed by atoms with Crippen LogP contribution in [-0.2, 0) is 34.9 Å². The van der Waals surface area contributed by atoms with Crippen molar-refractivity contribution in [3.05, 3.63) is 63.3 Å². The van der Waals surface area contributed by atoms with Gasteiger partial charge in [0.1, 0.15) is 5.60 Å². The average Bonchev–Trinajstić information content (AvgIpc) is 2.91. The summed E-state index contributed by atoms with van der Waals surface area (Å²) in [5, 5.41) is 10.8. The molecule has 3 rings (SSSR count). The fourth-order valence-corrected chi connectivity index (χ4v) is 5.48. The summed E-state index contributed by atoms with van der Waals surface area (Å²) in [5.74, 6) is -0.488. The first-order valence-electron chi connectivity index (χ1n) is 9.30. The van der Waals surface area contributed by atoms with Crippen LogP contribution in [-0.4, -0.2) is 25.5 Å². The Hall–Kier alpha value is -1.86. The van der Waals surface area contributed by atoms with Crippen molar-refractivity contribution in [3.8, 4) is 0 Å². The van der Waals surface area contributed by atoms with E-state index < -0.39 is 22.4 Å². The maximum Gasteiger partial charge on any atom is 0.341 e. The molecule has 1 N–H and O–H groups in total. The lowest BCUT2D eigenvalue weighted by Gasteiger charge is -2.20. The minimum atomic E-state index is -1.59. The Morgan fingerprint density at radius 3 is 2.37 bits per heavy atom. The summed E-state index contributed by atoms with van der Waals surface area (Å²) in [6, 6.07) is 10.3. The van der Waals surface area contributed by atoms with Crippen molar-refractivity contribution < 1.29 is 18.8 Å². The Morgan fingerprint density at radius 1 is 1.17 bits per heavy atom. The molecule has 3 aromatic rings. The highest BCUT2D eigenvalue weighted by molar-refractivity contribution is 7.84. The van der Waals surface area contributed by atoms with Gasteiger partial charge < -0.3 is 14.4 Å². The summed E-state index contributed by atoms with van der Waals surface area (Å²) in [6.07, 6.45) is 0. The molecular formula is C22H23Cl2NO4S. The molecule has 1 aromatic heterocycles. The second kappa shape index (κ2) is 8.71. The number of aliphatic hydroxyl groups excluding tert-OH is 1. The molecule has 30 heavy (non-hydrogen) atoms. The lowest BCUT2D eigenvalue weighted by Crippen LogP contribution is -2.24. The van der Waals surface area contributed by atoms with Crippen LogP contribution in [0.5, 0.6) is 0 Å². The molecule has 0 aliphatic rings. The number of fused-ring (bicyclic) bond motifs is 1. The van der Waals surface area contributed by atoms with E-state index in [4.69, 9.17) is 27.9 Å². The number of nitrogens with zero attached hydrogens (tertiary/aromatic N) is 1. The molecule has 0 saturated carbocycles. The second-order valence-corrected chi connectivity index (χ2v) is 10.1. The number of carbonyl (C=O) groups is 1. The molecule has 0 spiro atoms. The van der Waals surface area contributed by atoms with E-state index in [1.807, 2.05) is 10.6 Å². The van der Waals surface area contributed by atoms with Gasteiger partial charge in [0.2, 0.25) is 0 Å². The van der Waals surface area contributed by atoms with Crippen LogP contribution in [0.1, 0.15) is 42.4 Å². The normalized spacial score (nSPS) is 12.9. The molecule has 1 unspecified atom stereocenters. The van der Waals surface area contributed by atoms with Gasteiger partial charge >= 0.3 is 5.97 Å². The Balaban J connectivity index is 2.17. The van der Waals surface area contributed by atoms with Crippen molar-refractivity contribution in [1.82, 2.24) is 4.57 Å². The number of halogens is 2. The van der Waals surface area contributed by atoms with Crippen molar-refractivity contribution in [1.29, 1.82) is 0 Å². The number of hydrogen-bond acceptors (Lipinski definition) is 4. The van der Waals surface area contributed by atoms with Gasteiger partial charge in [0, 0.05) is 23.6 Å². The van der Waals surface area contributed by atoms with Gasteiger partial charge in [-0.2, -0.15) is 0 Å². The highest BCUT2D eigenvalue weighted by Crippen LogP contribution is 2.33. The van der Waals surface area contributed by atoms with E-state index in [9.17, 15) is 14.1 Å². The van der Waals surface area contributed by atoms with Gasteiger partial charge in [-0.15, -0.1) is 0 Å². The van der Waals surface area contributed by atoms with E-state index >= 15 is 0 Å². The zero-order valence-corrected chi connectivity index (χ0v) is 19.5. The van der Waals surface area contributed by atoms with Gasteiger partial charge in [-0.25, -0.2) is 4.79 Å². The molecule has 160 valence electrons. The molecule has 5 nitrogen and oxygen atoms in total. The maximum absolute atomic E-state index is 13.2. The van der Waals surface area contributed by atoms with Gasteiger partial charge in [0.05, 0.1) is 43.7 Å². The minimum Gasteiger partial charge on any atom is -0.456 e. The predicted molar refractivity (Wildman–Crippen MR) is 121 cm³/mol. The van der Waals surface area contributed by atoms with E-state index in [-0.39, 0.29) is 12.4 Å². The molecule has 8 heteroatoms. The Labute approximate surface area is 188 Å². The van der Waals surface area contributed by atoms with Crippen molar-refractivity contribution in [2.45, 2.75) is 43.6 Å². The van der Waals surface area contributed by atoms with E-state index in [1.165, 1.54) is 0 Å². The number of aliphatic hydroxyl groups is 1. The standard InChI is InChI=1S/C22H23Cl2NO4S/c1-22(2,3)29-21(27)19-14-10-13(11-26)8-9-17(14)25(4)18(19)12-30(28)20-15(23)6-5-7-16(20)24/h5-10,26H,11-12H2,1-4H3. The lowest BCUT2D eigenvalue weighted by atomic mass is 10.1. The smallest absolute Gasteiger partial charge is 0.341 e. The molecule has 0 radical (unpaired) electrons. The summed E-state index contributed by atoms with van der Waals surface area (Å²) in [5.41, 5.74) is 1.61. The predicted octanol–water partition coefficient (Wildman–Crippen LogP) is 5.24. The van der Waals surface area contributed by atoms with E-state index in [0.29, 0.717) is 37.1 Å². The number of rotatable bonds is 5. The van der Waals surface area contributed by atoms with Crippen LogP contribution < -0.4 is 0 Å². The van der Waals surface area contributed by atoms with Crippen LogP contribution >= 0.6 is 23.2 Å². The van der Waals surface area contributed by atoms with Gasteiger partial charge in [0.15, 0.2) is 0 Å². The monoisotopic (exact) mass is 467 g/mol. The van der Waals surface area contributed by atoms with Crippen molar-refractivity contribution in [2.75, 3.05) is 0 Å². The molecular weight excluding hydrogens is 445 g/mol. The van der Waals surface area contributed by atoms with Crippen LogP contribution in [0.2, 0.25) is 10.0 Å². The highest BCUT2D eigenvalue weighted by atomic mass is 35.5. The summed E-state index contributed by atoms with van der Waals surface area (Å²) < 4.78 is 20.7. The minimum absolute atomic E-state index is 0.0255. The first-order valence-corrected chi connectivity index (χ1v) is 11.4. The maximum atomic E-state index is 13.2. The Bertz CT molecular complexity index is 1130. The topological polar surface area (TPSA) is 68.5 Å². The van der Waals surface area contributed by atoms with E-state index in [2.05, 4.69) is 0 Å². The van der Waals surface area contributed by atoms with Gasteiger partial charge in [-0.1, -0.05) is 35.3 Å². The number of esters is 1. The molecule has 1 heterocycles. The molecule has 0 fully saturated rings. The summed E-state index contributed by atoms with van der Waals surface area (Å²) in [7, 11) is 0.208. The molecule has 0 aliphatic carbocycles. The van der Waals surface area contributed by atoms with Crippen LogP contribution in [0.25, 0.3) is 10.9 Å². The van der Waals surface area contributed by atoms with Crippen molar-refractivity contribution in [3.63, 3.8) is 0 Å². The van der Waals surface area contributed by atoms with Crippen LogP contribution in [0.3, 0.4) is 0 Å². The quantitative estimate of drug-likeness (QED) is 0.520. The van der Waals surface area contributed by atoms with Crippen molar-refractivity contribution >= 4 is 50.9 Å². The number of benzene rings is 2. The number of hydrogen-bond donors (Lipinski definition) is 1. The number of aryl methyl sites for hydroxylation is 1. The van der Waals surface area contributed by atoms with Crippen LogP contribution in [0.4, 0.5) is 0 Å². The number of ether oxygens (including phenoxy) is 1. The number of carbonyl (C=O) groups excluding carboxylic acids is 1. The first kappa shape index (κ1) is 22.8. The summed E-state index contributed by atoms with van der Waals surface area (Å²) in [4.78, 5) is 13.4. The molecule has 1 atom stereocenters. The Morgan fingerprint density at radius 2 is 1.80 bits per heavy atom. The lowest BCUT2D eigenvalue weighted by molar-refractivity contribution is 0.00707. The first-order chi connectivity index (χ1) is 14.0. The van der Waals surface area contributed by atoms with E-state index in [0.717, 1.165) is 5.52 Å². The van der Waals surface area contributed by atoms with Gasteiger partial charge in [0.25, 0.3) is 0 Å². The molecule has 0 aliphatic heterocycles. The van der Waals surface area contributed by atoms with Gasteiger partial charge in [-0.05, 0) is 50.6 Å². The highest BCUT2D eigenvalue weighted by Gasteiger charge is 2.28. The fraction of sp³-hybridized carbons (Fsp3) is 0.318. The Kier molecular flexibility index (Phi) is 6.63. The third-order valence-corrected chi connectivity index (χ3v) is 6.87. The largest absolute Gasteiger partial charge is 0.456 e. The summed E-state index contributed by atoms with van der Waals surface area (Å²) in [6.45, 7) is 5.21. The zero-order chi connectivity index (χ0) is 22.2. The van der Waals surface area contributed by atoms with Crippen molar-refractivity contribution in [2.24, 2.45) is 7.05 Å². The average molecular weight is 468 g/mol. The van der Waals surface area contributed by atoms with Crippen LogP contribution in [0, 0.1) is 0 Å². The zero-order valence-electron chi connectivity index (χ0n) is 17.2. The third-order valence-electron chi connectivity index (χ3n) is 4.59. The third kappa shape index (κ3) is 4.57. The number of aromatic nitrogens is 1. The molecule has 0 saturated heterocycles.